The van der Waals surface area contributed by atoms with Gasteiger partial charge in [-0.3, -0.25) is 14.4 Å². The molecule has 26 heavy (non-hydrogen) atoms. The number of hydrogen-bond acceptors (Lipinski definition) is 4. The van der Waals surface area contributed by atoms with E-state index in [4.69, 9.17) is 5.11 Å². The van der Waals surface area contributed by atoms with Crippen molar-refractivity contribution in [1.82, 2.24) is 5.32 Å². The molecule has 0 saturated heterocycles. The number of nitrogens with one attached hydrogen (secondary N) is 1. The van der Waals surface area contributed by atoms with Crippen molar-refractivity contribution in [3.63, 3.8) is 0 Å². The van der Waals surface area contributed by atoms with Crippen LogP contribution in [0.5, 0.6) is 0 Å². The zero-order chi connectivity index (χ0) is 19.8. The molecule has 0 aliphatic rings. The standard InChI is InChI=1S/C20H37NO5/c1-3-4-5-6-7-8-9-10-11-12-13-14-15-21-19(25)20(26,17(2)22)16-18(23)24/h26H,3-16H2,1-2H3,(H,21,25)(H,23,24). The molecule has 0 radical (unpaired) electrons. The smallest absolute Gasteiger partial charge is 0.307 e. The largest absolute Gasteiger partial charge is 0.481 e. The lowest BCUT2D eigenvalue weighted by Crippen LogP contribution is -2.53. The zero-order valence-electron chi connectivity index (χ0n) is 16.5. The SMILES string of the molecule is CCCCCCCCCCCCCCNC(=O)C(O)(CC(=O)O)C(C)=O. The highest BCUT2D eigenvalue weighted by atomic mass is 16.4. The lowest BCUT2D eigenvalue weighted by atomic mass is 9.94. The van der Waals surface area contributed by atoms with Crippen LogP contribution in [-0.4, -0.2) is 40.0 Å². The van der Waals surface area contributed by atoms with Crippen molar-refractivity contribution in [2.45, 2.75) is 103 Å². The average molecular weight is 372 g/mol. The summed E-state index contributed by atoms with van der Waals surface area (Å²) in [4.78, 5) is 34.0. The number of amides is 1. The topological polar surface area (TPSA) is 104 Å². The van der Waals surface area contributed by atoms with E-state index in [0.29, 0.717) is 6.54 Å². The minimum atomic E-state index is -2.47. The molecule has 152 valence electrons. The molecule has 0 saturated carbocycles. The van der Waals surface area contributed by atoms with Gasteiger partial charge in [0.1, 0.15) is 0 Å². The molecule has 0 aromatic heterocycles. The van der Waals surface area contributed by atoms with Crippen molar-refractivity contribution < 1.29 is 24.6 Å². The fraction of sp³-hybridized carbons (Fsp3) is 0.850. The van der Waals surface area contributed by atoms with Crippen LogP contribution in [-0.2, 0) is 14.4 Å². The first kappa shape index (κ1) is 24.6. The zero-order valence-corrected chi connectivity index (χ0v) is 16.5. The van der Waals surface area contributed by atoms with Gasteiger partial charge in [0.2, 0.25) is 5.60 Å². The van der Waals surface area contributed by atoms with Gasteiger partial charge in [0.15, 0.2) is 5.78 Å². The number of carboxylic acids is 1. The van der Waals surface area contributed by atoms with Gasteiger partial charge in [-0.15, -0.1) is 0 Å². The summed E-state index contributed by atoms with van der Waals surface area (Å²) in [6.45, 7) is 3.59. The van der Waals surface area contributed by atoms with Gasteiger partial charge in [0, 0.05) is 6.54 Å². The third kappa shape index (κ3) is 11.2. The van der Waals surface area contributed by atoms with Gasteiger partial charge in [-0.05, 0) is 13.3 Å². The molecule has 1 unspecified atom stereocenters. The molecule has 0 aromatic carbocycles. The summed E-state index contributed by atoms with van der Waals surface area (Å²) >= 11 is 0. The van der Waals surface area contributed by atoms with Crippen molar-refractivity contribution >= 4 is 17.7 Å². The van der Waals surface area contributed by atoms with Crippen LogP contribution in [0.2, 0.25) is 0 Å². The Hall–Kier alpha value is -1.43. The lowest BCUT2D eigenvalue weighted by Gasteiger charge is -2.22. The first-order chi connectivity index (χ1) is 12.3. The fourth-order valence-corrected chi connectivity index (χ4v) is 2.90. The van der Waals surface area contributed by atoms with E-state index >= 15 is 0 Å². The van der Waals surface area contributed by atoms with Crippen molar-refractivity contribution in [3.8, 4) is 0 Å². The summed E-state index contributed by atoms with van der Waals surface area (Å²) in [5.41, 5.74) is -2.47. The number of Topliss-reactive ketones (excluding diaryl/α,β-unsaturated/α-hetero) is 1. The predicted octanol–water partition coefficient (Wildman–Crippen LogP) is 3.60. The van der Waals surface area contributed by atoms with Crippen molar-refractivity contribution in [2.75, 3.05) is 6.54 Å². The van der Waals surface area contributed by atoms with E-state index in [0.717, 1.165) is 26.2 Å². The van der Waals surface area contributed by atoms with Crippen LogP contribution < -0.4 is 5.32 Å². The van der Waals surface area contributed by atoms with Crippen molar-refractivity contribution in [2.24, 2.45) is 0 Å². The van der Waals surface area contributed by atoms with Crippen LogP contribution in [0.3, 0.4) is 0 Å². The van der Waals surface area contributed by atoms with Crippen LogP contribution in [0.15, 0.2) is 0 Å². The Kier molecular flexibility index (Phi) is 13.9. The highest BCUT2D eigenvalue weighted by Crippen LogP contribution is 2.13. The van der Waals surface area contributed by atoms with E-state index in [-0.39, 0.29) is 0 Å². The number of rotatable bonds is 17. The maximum absolute atomic E-state index is 11.9. The van der Waals surface area contributed by atoms with Gasteiger partial charge < -0.3 is 15.5 Å². The Balaban J connectivity index is 3.66. The van der Waals surface area contributed by atoms with E-state index in [2.05, 4.69) is 12.2 Å². The molecular formula is C20H37NO5. The van der Waals surface area contributed by atoms with Crippen molar-refractivity contribution in [1.29, 1.82) is 0 Å². The number of carbonyl (C=O) groups is 3. The maximum Gasteiger partial charge on any atom is 0.307 e. The average Bonchev–Trinajstić information content (AvgIpc) is 2.57. The molecule has 1 atom stereocenters. The molecule has 0 fully saturated rings. The van der Waals surface area contributed by atoms with Gasteiger partial charge in [0.25, 0.3) is 5.91 Å². The summed E-state index contributed by atoms with van der Waals surface area (Å²) in [7, 11) is 0. The molecule has 6 heteroatoms. The van der Waals surface area contributed by atoms with Gasteiger partial charge in [-0.2, -0.15) is 0 Å². The Morgan fingerprint density at radius 1 is 0.808 bits per heavy atom. The van der Waals surface area contributed by atoms with Crippen LogP contribution >= 0.6 is 0 Å². The number of carbonyl (C=O) groups excluding carboxylic acids is 2. The summed E-state index contributed by atoms with van der Waals surface area (Å²) in [6.07, 6.45) is 13.6. The Morgan fingerprint density at radius 3 is 1.62 bits per heavy atom. The third-order valence-electron chi connectivity index (χ3n) is 4.68. The molecule has 3 N–H and O–H groups in total. The Bertz CT molecular complexity index is 424. The molecule has 0 spiro atoms. The van der Waals surface area contributed by atoms with Crippen LogP contribution in [0.1, 0.15) is 97.3 Å². The number of hydrogen-bond donors (Lipinski definition) is 3. The molecule has 0 heterocycles. The summed E-state index contributed by atoms with van der Waals surface area (Å²) < 4.78 is 0. The molecule has 0 aliphatic heterocycles. The van der Waals surface area contributed by atoms with Gasteiger partial charge in [0.05, 0.1) is 6.42 Å². The van der Waals surface area contributed by atoms with E-state index in [9.17, 15) is 19.5 Å². The maximum atomic E-state index is 11.9. The number of aliphatic hydroxyl groups is 1. The number of carboxylic acid groups (broad SMARTS) is 1. The summed E-state index contributed by atoms with van der Waals surface area (Å²) in [5.74, 6) is -3.16. The monoisotopic (exact) mass is 371 g/mol. The van der Waals surface area contributed by atoms with Gasteiger partial charge >= 0.3 is 5.97 Å². The molecule has 1 amide bonds. The molecule has 0 aliphatic carbocycles. The Labute approximate surface area is 157 Å². The van der Waals surface area contributed by atoms with Crippen LogP contribution in [0, 0.1) is 0 Å². The number of unbranched alkanes of at least 4 members (excludes halogenated alkanes) is 11. The molecule has 6 nitrogen and oxygen atoms in total. The van der Waals surface area contributed by atoms with Gasteiger partial charge in [-0.25, -0.2) is 0 Å². The number of aliphatic carboxylic acids is 1. The van der Waals surface area contributed by atoms with Gasteiger partial charge in [-0.1, -0.05) is 77.6 Å². The minimum absolute atomic E-state index is 0.339. The fourth-order valence-electron chi connectivity index (χ4n) is 2.90. The summed E-state index contributed by atoms with van der Waals surface area (Å²) in [5, 5.41) is 21.2. The van der Waals surface area contributed by atoms with E-state index in [1.807, 2.05) is 0 Å². The molecule has 0 aromatic rings. The quantitative estimate of drug-likeness (QED) is 0.268. The lowest BCUT2D eigenvalue weighted by molar-refractivity contribution is -0.159. The summed E-state index contributed by atoms with van der Waals surface area (Å²) in [6, 6.07) is 0. The second-order valence-corrected chi connectivity index (χ2v) is 7.13. The first-order valence-electron chi connectivity index (χ1n) is 10.1. The number of ketones is 1. The van der Waals surface area contributed by atoms with Crippen LogP contribution in [0.25, 0.3) is 0 Å². The second kappa shape index (κ2) is 14.7. The molecular weight excluding hydrogens is 334 g/mol. The van der Waals surface area contributed by atoms with Crippen molar-refractivity contribution in [3.05, 3.63) is 0 Å². The van der Waals surface area contributed by atoms with E-state index in [1.54, 1.807) is 0 Å². The van der Waals surface area contributed by atoms with Crippen LogP contribution in [0.4, 0.5) is 0 Å². The second-order valence-electron chi connectivity index (χ2n) is 7.13. The first-order valence-corrected chi connectivity index (χ1v) is 10.1. The third-order valence-corrected chi connectivity index (χ3v) is 4.68. The predicted molar refractivity (Wildman–Crippen MR) is 102 cm³/mol. The highest BCUT2D eigenvalue weighted by Gasteiger charge is 2.43. The minimum Gasteiger partial charge on any atom is -0.481 e. The normalized spacial score (nSPS) is 13.2. The highest BCUT2D eigenvalue weighted by molar-refractivity contribution is 6.10. The van der Waals surface area contributed by atoms with E-state index in [1.165, 1.54) is 57.8 Å². The molecule has 0 rings (SSSR count). The van der Waals surface area contributed by atoms with E-state index < -0.39 is 29.7 Å². The molecule has 0 bridgehead atoms. The Morgan fingerprint density at radius 2 is 1.23 bits per heavy atom.